The van der Waals surface area contributed by atoms with Crippen molar-refractivity contribution in [2.24, 2.45) is 0 Å². The number of fused-ring (bicyclic) bond motifs is 1. The first-order valence-corrected chi connectivity index (χ1v) is 11.5. The fourth-order valence-electron chi connectivity index (χ4n) is 3.71. The van der Waals surface area contributed by atoms with E-state index in [1.54, 1.807) is 32.2 Å². The van der Waals surface area contributed by atoms with Crippen LogP contribution in [0.3, 0.4) is 0 Å². The number of rotatable bonds is 5. The van der Waals surface area contributed by atoms with E-state index >= 15 is 0 Å². The Kier molecular flexibility index (Phi) is 5.73. The highest BCUT2D eigenvalue weighted by Crippen LogP contribution is 2.41. The molecular formula is C22H28N2O5S. The highest BCUT2D eigenvalue weighted by atomic mass is 32.2. The van der Waals surface area contributed by atoms with Gasteiger partial charge in [0.1, 0.15) is 17.1 Å². The van der Waals surface area contributed by atoms with Crippen LogP contribution in [0.2, 0.25) is 0 Å². The Morgan fingerprint density at radius 3 is 2.60 bits per heavy atom. The quantitative estimate of drug-likeness (QED) is 0.782. The van der Waals surface area contributed by atoms with Crippen LogP contribution in [0.1, 0.15) is 47.8 Å². The van der Waals surface area contributed by atoms with Crippen LogP contribution in [-0.2, 0) is 10.0 Å². The lowest BCUT2D eigenvalue weighted by atomic mass is 9.89. The van der Waals surface area contributed by atoms with Gasteiger partial charge in [0.2, 0.25) is 10.0 Å². The number of anilines is 1. The molecule has 1 heterocycles. The van der Waals surface area contributed by atoms with Crippen molar-refractivity contribution in [3.8, 4) is 11.5 Å². The smallest absolute Gasteiger partial charge is 0.252 e. The predicted molar refractivity (Wildman–Crippen MR) is 117 cm³/mol. The second kappa shape index (κ2) is 7.83. The maximum Gasteiger partial charge on any atom is 0.252 e. The first-order valence-electron chi connectivity index (χ1n) is 9.64. The highest BCUT2D eigenvalue weighted by molar-refractivity contribution is 7.92. The van der Waals surface area contributed by atoms with E-state index in [-0.39, 0.29) is 11.9 Å². The van der Waals surface area contributed by atoms with Gasteiger partial charge < -0.3 is 14.8 Å². The number of methoxy groups -OCH3 is 1. The van der Waals surface area contributed by atoms with Crippen LogP contribution >= 0.6 is 0 Å². The van der Waals surface area contributed by atoms with Crippen molar-refractivity contribution < 1.29 is 22.7 Å². The van der Waals surface area contributed by atoms with Gasteiger partial charge in [-0.15, -0.1) is 0 Å². The van der Waals surface area contributed by atoms with Crippen molar-refractivity contribution in [3.05, 3.63) is 53.1 Å². The number of sulfonamides is 1. The first-order chi connectivity index (χ1) is 13.9. The number of carbonyl (C=O) groups is 1. The molecule has 0 radical (unpaired) electrons. The zero-order chi connectivity index (χ0) is 22.3. The van der Waals surface area contributed by atoms with Gasteiger partial charge in [0, 0.05) is 30.7 Å². The third-order valence-electron chi connectivity index (χ3n) is 5.37. The van der Waals surface area contributed by atoms with Crippen molar-refractivity contribution in [2.75, 3.05) is 24.7 Å². The maximum atomic E-state index is 13.2. The van der Waals surface area contributed by atoms with Gasteiger partial charge in [-0.05, 0) is 50.6 Å². The van der Waals surface area contributed by atoms with Gasteiger partial charge in [0.15, 0.2) is 0 Å². The summed E-state index contributed by atoms with van der Waals surface area (Å²) in [5, 5.41) is 3.10. The summed E-state index contributed by atoms with van der Waals surface area (Å²) >= 11 is 0. The molecule has 1 aliphatic rings. The summed E-state index contributed by atoms with van der Waals surface area (Å²) in [5.74, 6) is 1.10. The van der Waals surface area contributed by atoms with Crippen LogP contribution in [-0.4, -0.2) is 40.3 Å². The van der Waals surface area contributed by atoms with Gasteiger partial charge in [0.25, 0.3) is 5.91 Å². The van der Waals surface area contributed by atoms with Crippen molar-refractivity contribution >= 4 is 21.6 Å². The summed E-state index contributed by atoms with van der Waals surface area (Å²) in [6.07, 6.45) is 1.73. The van der Waals surface area contributed by atoms with Crippen LogP contribution in [0.25, 0.3) is 0 Å². The Morgan fingerprint density at radius 2 is 1.97 bits per heavy atom. The average Bonchev–Trinajstić information content (AvgIpc) is 2.65. The fourth-order valence-corrected chi connectivity index (χ4v) is 4.27. The lowest BCUT2D eigenvalue weighted by molar-refractivity contribution is 0.0617. The summed E-state index contributed by atoms with van der Waals surface area (Å²) in [6.45, 7) is 5.70. The van der Waals surface area contributed by atoms with Crippen LogP contribution in [0, 0.1) is 6.92 Å². The molecular weight excluding hydrogens is 404 g/mol. The van der Waals surface area contributed by atoms with Crippen molar-refractivity contribution in [2.45, 2.75) is 38.8 Å². The van der Waals surface area contributed by atoms with Gasteiger partial charge in [-0.3, -0.25) is 9.10 Å². The minimum Gasteiger partial charge on any atom is -0.497 e. The van der Waals surface area contributed by atoms with Gasteiger partial charge in [-0.2, -0.15) is 0 Å². The minimum atomic E-state index is -3.44. The first kappa shape index (κ1) is 22.0. The zero-order valence-corrected chi connectivity index (χ0v) is 19.0. The van der Waals surface area contributed by atoms with E-state index in [2.05, 4.69) is 5.32 Å². The molecule has 8 heteroatoms. The van der Waals surface area contributed by atoms with Gasteiger partial charge in [-0.1, -0.05) is 6.07 Å². The van der Waals surface area contributed by atoms with Crippen molar-refractivity contribution in [1.82, 2.24) is 5.32 Å². The number of amides is 1. The second-order valence-corrected chi connectivity index (χ2v) is 10.2. The SMILES string of the molecule is COc1ccc2c(c1)OC(C)(C)CC2NC(=O)c1cccc(N(C)S(C)(=O)=O)c1C. The highest BCUT2D eigenvalue weighted by Gasteiger charge is 2.35. The molecule has 1 atom stereocenters. The number of benzene rings is 2. The number of nitrogens with zero attached hydrogens (tertiary/aromatic N) is 1. The standard InChI is InChI=1S/C22H28N2O5S/c1-14-16(8-7-9-19(14)24(4)30(6,26)27)21(25)23-18-13-22(2,3)29-20-12-15(28-5)10-11-17(18)20/h7-12,18H,13H2,1-6H3,(H,23,25). The number of hydrogen-bond acceptors (Lipinski definition) is 5. The number of ether oxygens (including phenoxy) is 2. The van der Waals surface area contributed by atoms with Gasteiger partial charge in [0.05, 0.1) is 25.1 Å². The summed E-state index contributed by atoms with van der Waals surface area (Å²) in [4.78, 5) is 13.2. The Morgan fingerprint density at radius 1 is 1.27 bits per heavy atom. The molecule has 3 rings (SSSR count). The van der Waals surface area contributed by atoms with E-state index in [1.165, 1.54) is 11.4 Å². The molecule has 1 amide bonds. The molecule has 0 aromatic heterocycles. The van der Waals surface area contributed by atoms with Crippen molar-refractivity contribution in [3.63, 3.8) is 0 Å². The summed E-state index contributed by atoms with van der Waals surface area (Å²) in [6, 6.07) is 10.4. The molecule has 2 aromatic carbocycles. The molecule has 0 aliphatic carbocycles. The lowest BCUT2D eigenvalue weighted by Gasteiger charge is -2.38. The topological polar surface area (TPSA) is 84.9 Å². The second-order valence-electron chi connectivity index (χ2n) is 8.18. The van der Waals surface area contributed by atoms with E-state index in [9.17, 15) is 13.2 Å². The lowest BCUT2D eigenvalue weighted by Crippen LogP contribution is -2.41. The molecule has 0 bridgehead atoms. The number of hydrogen-bond donors (Lipinski definition) is 1. The van der Waals surface area contributed by atoms with E-state index in [0.29, 0.717) is 34.7 Å². The molecule has 0 fully saturated rings. The van der Waals surface area contributed by atoms with E-state index in [4.69, 9.17) is 9.47 Å². The molecule has 0 saturated carbocycles. The molecule has 162 valence electrons. The summed E-state index contributed by atoms with van der Waals surface area (Å²) < 4.78 is 36.4. The molecule has 0 saturated heterocycles. The predicted octanol–water partition coefficient (Wildman–Crippen LogP) is 3.43. The Labute approximate surface area is 178 Å². The summed E-state index contributed by atoms with van der Waals surface area (Å²) in [7, 11) is -0.365. The fraction of sp³-hybridized carbons (Fsp3) is 0.409. The molecule has 2 aromatic rings. The van der Waals surface area contributed by atoms with E-state index in [1.807, 2.05) is 32.0 Å². The third-order valence-corrected chi connectivity index (χ3v) is 6.56. The molecule has 1 unspecified atom stereocenters. The largest absolute Gasteiger partial charge is 0.497 e. The van der Waals surface area contributed by atoms with Crippen LogP contribution in [0.4, 0.5) is 5.69 Å². The van der Waals surface area contributed by atoms with E-state index in [0.717, 1.165) is 11.8 Å². The minimum absolute atomic E-state index is 0.252. The van der Waals surface area contributed by atoms with Crippen LogP contribution < -0.4 is 19.1 Å². The molecule has 30 heavy (non-hydrogen) atoms. The Bertz CT molecular complexity index is 1080. The average molecular weight is 433 g/mol. The Hall–Kier alpha value is -2.74. The normalized spacial score (nSPS) is 17.5. The zero-order valence-electron chi connectivity index (χ0n) is 18.1. The Balaban J connectivity index is 1.94. The monoisotopic (exact) mass is 432 g/mol. The van der Waals surface area contributed by atoms with Crippen LogP contribution in [0.15, 0.2) is 36.4 Å². The van der Waals surface area contributed by atoms with Gasteiger partial charge in [-0.25, -0.2) is 8.42 Å². The van der Waals surface area contributed by atoms with Crippen molar-refractivity contribution in [1.29, 1.82) is 0 Å². The number of nitrogens with one attached hydrogen (secondary N) is 1. The number of carbonyl (C=O) groups excluding carboxylic acids is 1. The summed E-state index contributed by atoms with van der Waals surface area (Å²) in [5.41, 5.74) is 1.92. The van der Waals surface area contributed by atoms with Crippen LogP contribution in [0.5, 0.6) is 11.5 Å². The third kappa shape index (κ3) is 4.38. The molecule has 1 aliphatic heterocycles. The van der Waals surface area contributed by atoms with E-state index < -0.39 is 15.6 Å². The molecule has 1 N–H and O–H groups in total. The molecule has 7 nitrogen and oxygen atoms in total. The molecule has 0 spiro atoms. The van der Waals surface area contributed by atoms with Gasteiger partial charge >= 0.3 is 0 Å². The maximum absolute atomic E-state index is 13.2.